The van der Waals surface area contributed by atoms with E-state index < -0.39 is 48.2 Å². The first-order valence-electron chi connectivity index (χ1n) is 17.8. The quantitative estimate of drug-likeness (QED) is 0.112. The van der Waals surface area contributed by atoms with Gasteiger partial charge in [-0.25, -0.2) is 0 Å². The number of aliphatic hydroxyl groups excluding tert-OH is 2. The number of allylic oxidation sites excluding steroid dienone is 2. The van der Waals surface area contributed by atoms with Crippen molar-refractivity contribution in [3.05, 3.63) is 24.3 Å². The maximum absolute atomic E-state index is 12.3. The second-order valence-corrected chi connectivity index (χ2v) is 16.8. The van der Waals surface area contributed by atoms with Crippen molar-refractivity contribution in [3.8, 4) is 0 Å². The van der Waals surface area contributed by atoms with Crippen LogP contribution in [0.4, 0.5) is 0 Å². The smallest absolute Gasteiger partial charge is 0.303 e. The van der Waals surface area contributed by atoms with E-state index in [0.29, 0.717) is 31.6 Å². The van der Waals surface area contributed by atoms with Gasteiger partial charge in [0, 0.05) is 13.3 Å². The molecule has 268 valence electrons. The van der Waals surface area contributed by atoms with E-state index in [1.54, 1.807) is 0 Å². The first-order valence-corrected chi connectivity index (χ1v) is 17.8. The monoisotopic (exact) mass is 662 g/mol. The van der Waals surface area contributed by atoms with Gasteiger partial charge in [0.2, 0.25) is 0 Å². The van der Waals surface area contributed by atoms with Crippen molar-refractivity contribution < 1.29 is 44.2 Å². The number of hydrogen-bond donors (Lipinski definition) is 4. The lowest BCUT2D eigenvalue weighted by molar-refractivity contribution is -0.314. The van der Waals surface area contributed by atoms with Crippen molar-refractivity contribution >= 4 is 11.9 Å². The number of aliphatic hydroxyl groups is 3. The molecule has 3 saturated carbocycles. The average Bonchev–Trinajstić information content (AvgIpc) is 3.35. The van der Waals surface area contributed by atoms with E-state index in [2.05, 4.69) is 47.8 Å². The number of ether oxygens (including phenoxy) is 3. The molecular weight excluding hydrogens is 600 g/mol. The lowest BCUT2D eigenvalue weighted by Crippen LogP contribution is -2.65. The molecule has 0 spiro atoms. The van der Waals surface area contributed by atoms with Gasteiger partial charge >= 0.3 is 11.9 Å². The molecule has 0 aromatic rings. The Morgan fingerprint density at radius 1 is 1.04 bits per heavy atom. The summed E-state index contributed by atoms with van der Waals surface area (Å²) < 4.78 is 18.4. The Morgan fingerprint density at radius 3 is 2.26 bits per heavy atom. The topological polar surface area (TPSA) is 143 Å². The fourth-order valence-electron chi connectivity index (χ4n) is 10.7. The third-order valence-electron chi connectivity index (χ3n) is 13.7. The summed E-state index contributed by atoms with van der Waals surface area (Å²) >= 11 is 0. The van der Waals surface area contributed by atoms with Gasteiger partial charge in [0.05, 0.1) is 18.3 Å². The second kappa shape index (κ2) is 13.9. The number of carbonyl (C=O) groups excluding carboxylic acids is 1. The molecule has 13 atom stereocenters. The minimum atomic E-state index is -1.38. The predicted octanol–water partition coefficient (Wildman–Crippen LogP) is 6.04. The van der Waals surface area contributed by atoms with Gasteiger partial charge in [0.25, 0.3) is 0 Å². The van der Waals surface area contributed by atoms with E-state index in [-0.39, 0.29) is 52.9 Å². The Kier molecular flexibility index (Phi) is 11.2. The fraction of sp³-hybridized carbons (Fsp3) is 0.842. The van der Waals surface area contributed by atoms with Crippen molar-refractivity contribution in [3.63, 3.8) is 0 Å². The summed E-state index contributed by atoms with van der Waals surface area (Å²) in [6.07, 6.45) is 0.591. The highest BCUT2D eigenvalue weighted by Gasteiger charge is 2.70. The van der Waals surface area contributed by atoms with Crippen molar-refractivity contribution in [1.29, 1.82) is 0 Å². The fourth-order valence-corrected chi connectivity index (χ4v) is 10.7. The largest absolute Gasteiger partial charge is 0.481 e. The van der Waals surface area contributed by atoms with Crippen LogP contribution in [-0.4, -0.2) is 75.3 Å². The molecule has 0 amide bonds. The number of fused-ring (bicyclic) bond motifs is 3. The van der Waals surface area contributed by atoms with Gasteiger partial charge in [-0.15, -0.1) is 0 Å². The summed E-state index contributed by atoms with van der Waals surface area (Å²) in [5, 5.41) is 43.4. The molecule has 3 aliphatic carbocycles. The van der Waals surface area contributed by atoms with Crippen LogP contribution in [0.25, 0.3) is 0 Å². The summed E-state index contributed by atoms with van der Waals surface area (Å²) in [5.41, 5.74) is 0.324. The molecule has 4 N–H and O–H groups in total. The molecule has 0 unspecified atom stereocenters. The summed E-state index contributed by atoms with van der Waals surface area (Å²) in [4.78, 5) is 24.1. The third kappa shape index (κ3) is 6.99. The predicted molar refractivity (Wildman–Crippen MR) is 179 cm³/mol. The average molecular weight is 663 g/mol. The highest BCUT2D eigenvalue weighted by atomic mass is 16.7. The number of aliphatic carboxylic acids is 1. The SMILES string of the molecule is C=C(CC[C@](C)(O)[C@H]1CC[C@]2(C)[C@@H]1[C@H](O[C@@H]1OC[C@@H](O)[C@H](O)[C@H]1OC(C)=O)C[C@H]1[C@@](C)(CCC(=O)O)[C@H](C(=C)C)CC[C@]12C)C(C)C. The Labute approximate surface area is 282 Å². The number of esters is 1. The van der Waals surface area contributed by atoms with Crippen LogP contribution in [-0.2, 0) is 23.8 Å². The lowest BCUT2D eigenvalue weighted by Gasteiger charge is -2.68. The molecular formula is C38H62O9. The van der Waals surface area contributed by atoms with Crippen LogP contribution < -0.4 is 0 Å². The van der Waals surface area contributed by atoms with E-state index in [9.17, 15) is 30.0 Å². The lowest BCUT2D eigenvalue weighted by atomic mass is 9.37. The standard InChI is InChI=1S/C38H62O9/c1-21(2)23(5)11-18-38(10,44)26-13-17-37(9)31(26)28(47-34-33(46-24(6)39)32(43)27(40)20-45-34)19-29-35(7,15-14-30(41)42)25(22(3)4)12-16-36(29,37)8/h21,25-29,31-34,40,43-44H,3,5,11-20H2,1-2,4,6-10H3,(H,41,42)/t25-,26-,27+,28+,29-,31-,32-,33+,34-,35-,36+,37+,38-/m0/s1. The number of rotatable bonds is 12. The van der Waals surface area contributed by atoms with E-state index in [0.717, 1.165) is 36.8 Å². The van der Waals surface area contributed by atoms with Crippen molar-refractivity contribution in [1.82, 2.24) is 0 Å². The van der Waals surface area contributed by atoms with Crippen LogP contribution in [0.1, 0.15) is 113 Å². The zero-order valence-corrected chi connectivity index (χ0v) is 30.1. The van der Waals surface area contributed by atoms with Gasteiger partial charge in [-0.05, 0) is 111 Å². The van der Waals surface area contributed by atoms with Gasteiger partial charge in [0.15, 0.2) is 12.4 Å². The van der Waals surface area contributed by atoms with E-state index >= 15 is 0 Å². The van der Waals surface area contributed by atoms with Crippen LogP contribution in [0.15, 0.2) is 24.3 Å². The summed E-state index contributed by atoms with van der Waals surface area (Å²) in [5.74, 6) is -1.12. The maximum atomic E-state index is 12.3. The summed E-state index contributed by atoms with van der Waals surface area (Å²) in [6.45, 7) is 24.9. The molecule has 9 heteroatoms. The molecule has 4 rings (SSSR count). The Hall–Kier alpha value is -1.78. The summed E-state index contributed by atoms with van der Waals surface area (Å²) in [7, 11) is 0. The number of hydrogen-bond acceptors (Lipinski definition) is 8. The van der Waals surface area contributed by atoms with Gasteiger partial charge < -0.3 is 34.6 Å². The van der Waals surface area contributed by atoms with Crippen molar-refractivity contribution in [2.24, 2.45) is 45.8 Å². The highest BCUT2D eigenvalue weighted by Crippen LogP contribution is 2.74. The molecule has 9 nitrogen and oxygen atoms in total. The normalized spacial score (nSPS) is 43.0. The Morgan fingerprint density at radius 2 is 1.68 bits per heavy atom. The van der Waals surface area contributed by atoms with Crippen molar-refractivity contribution in [2.45, 2.75) is 149 Å². The molecule has 0 aromatic carbocycles. The molecule has 4 aliphatic rings. The molecule has 0 aromatic heterocycles. The minimum Gasteiger partial charge on any atom is -0.481 e. The van der Waals surface area contributed by atoms with Crippen LogP contribution in [0.2, 0.25) is 0 Å². The van der Waals surface area contributed by atoms with Crippen LogP contribution >= 0.6 is 0 Å². The van der Waals surface area contributed by atoms with Crippen LogP contribution in [0.3, 0.4) is 0 Å². The highest BCUT2D eigenvalue weighted by molar-refractivity contribution is 5.67. The van der Waals surface area contributed by atoms with Crippen molar-refractivity contribution in [2.75, 3.05) is 6.61 Å². The van der Waals surface area contributed by atoms with E-state index in [1.165, 1.54) is 6.92 Å². The Bertz CT molecular complexity index is 1200. The van der Waals surface area contributed by atoms with Crippen LogP contribution in [0, 0.1) is 45.8 Å². The van der Waals surface area contributed by atoms with Gasteiger partial charge in [0.1, 0.15) is 12.2 Å². The third-order valence-corrected chi connectivity index (χ3v) is 13.7. The van der Waals surface area contributed by atoms with Gasteiger partial charge in [-0.2, -0.15) is 0 Å². The molecule has 0 radical (unpaired) electrons. The van der Waals surface area contributed by atoms with Gasteiger partial charge in [-0.1, -0.05) is 58.9 Å². The first kappa shape index (κ1) is 38.0. The molecule has 0 bridgehead atoms. The summed E-state index contributed by atoms with van der Waals surface area (Å²) in [6, 6.07) is 0. The number of carboxylic acids is 1. The van der Waals surface area contributed by atoms with Gasteiger partial charge in [-0.3, -0.25) is 9.59 Å². The van der Waals surface area contributed by atoms with Crippen LogP contribution in [0.5, 0.6) is 0 Å². The first-order chi connectivity index (χ1) is 21.7. The van der Waals surface area contributed by atoms with E-state index in [4.69, 9.17) is 14.2 Å². The molecule has 1 aliphatic heterocycles. The maximum Gasteiger partial charge on any atom is 0.303 e. The second-order valence-electron chi connectivity index (χ2n) is 16.8. The molecule has 1 saturated heterocycles. The zero-order chi connectivity index (χ0) is 35.3. The Balaban J connectivity index is 1.81. The number of carboxylic acid groups (broad SMARTS) is 1. The molecule has 47 heavy (non-hydrogen) atoms. The minimum absolute atomic E-state index is 0.0555. The number of carbonyl (C=O) groups is 2. The molecule has 1 heterocycles. The van der Waals surface area contributed by atoms with E-state index in [1.807, 2.05) is 13.8 Å². The zero-order valence-electron chi connectivity index (χ0n) is 30.1. The molecule has 4 fully saturated rings.